The molecule has 5 aliphatic heterocycles. The highest BCUT2D eigenvalue weighted by Gasteiger charge is 2.69. The summed E-state index contributed by atoms with van der Waals surface area (Å²) in [6.45, 7) is 2.34. The number of halogens is 1. The van der Waals surface area contributed by atoms with Crippen LogP contribution in [0.5, 0.6) is 0 Å². The van der Waals surface area contributed by atoms with Crippen molar-refractivity contribution in [2.75, 3.05) is 52.9 Å². The molecule has 1 N–H and O–H groups in total. The number of hydrogen-bond donors (Lipinski definition) is 1. The normalized spacial score (nSPS) is 27.4. The number of hydrogen-bond acceptors (Lipinski definition) is 7. The van der Waals surface area contributed by atoms with Crippen LogP contribution in [0.3, 0.4) is 0 Å². The molecule has 1 aromatic heterocycles. The Morgan fingerprint density at radius 2 is 1.89 bits per heavy atom. The van der Waals surface area contributed by atoms with E-state index in [1.165, 1.54) is 10.4 Å². The third-order valence-corrected chi connectivity index (χ3v) is 10.7. The number of oxime groups is 1. The van der Waals surface area contributed by atoms with E-state index in [9.17, 15) is 18.0 Å². The van der Waals surface area contributed by atoms with E-state index < -0.39 is 21.2 Å². The van der Waals surface area contributed by atoms with E-state index in [2.05, 4.69) is 15.0 Å². The number of nitrogens with one attached hydrogen (secondary N) is 1. The Labute approximate surface area is 224 Å². The summed E-state index contributed by atoms with van der Waals surface area (Å²) in [6, 6.07) is 6.47. The Kier molecular flexibility index (Phi) is 5.06. The maximum Gasteiger partial charge on any atom is 0.322 e. The molecule has 1 aromatic carbocycles. The highest BCUT2D eigenvalue weighted by molar-refractivity contribution is 7.89. The van der Waals surface area contributed by atoms with E-state index in [1.807, 2.05) is 4.90 Å². The van der Waals surface area contributed by atoms with Crippen LogP contribution in [-0.4, -0.2) is 119 Å². The number of H-pyrrole nitrogens is 1. The van der Waals surface area contributed by atoms with Gasteiger partial charge in [0.25, 0.3) is 10.0 Å². The highest BCUT2D eigenvalue weighted by atomic mass is 35.5. The molecule has 4 fully saturated rings. The smallest absolute Gasteiger partial charge is 0.322 e. The number of sulfonamides is 1. The minimum absolute atomic E-state index is 0.00257. The molecule has 38 heavy (non-hydrogen) atoms. The molecule has 1 atom stereocenters. The molecule has 0 radical (unpaired) electrons. The number of likely N-dealkylation sites (N-methyl/N-ethyl adjacent to an activating group) is 1. The van der Waals surface area contributed by atoms with Crippen molar-refractivity contribution in [3.63, 3.8) is 0 Å². The van der Waals surface area contributed by atoms with Gasteiger partial charge in [-0.25, -0.2) is 13.2 Å². The van der Waals surface area contributed by atoms with Crippen LogP contribution in [0, 0.1) is 0 Å². The van der Waals surface area contributed by atoms with Gasteiger partial charge in [-0.2, -0.15) is 4.31 Å². The summed E-state index contributed by atoms with van der Waals surface area (Å²) < 4.78 is 28.9. The van der Waals surface area contributed by atoms with Crippen LogP contribution < -0.4 is 0 Å². The first-order valence-corrected chi connectivity index (χ1v) is 14.5. The number of fused-ring (bicyclic) bond motifs is 2. The van der Waals surface area contributed by atoms with E-state index in [0.29, 0.717) is 55.0 Å². The second-order valence-electron chi connectivity index (χ2n) is 10.9. The Hall–Kier alpha value is -3.03. The lowest BCUT2D eigenvalue weighted by molar-refractivity contribution is -0.143. The van der Waals surface area contributed by atoms with Crippen molar-refractivity contribution in [3.8, 4) is 0 Å². The average Bonchev–Trinajstić information content (AvgIpc) is 3.65. The monoisotopic (exact) mass is 561 g/mol. The number of likely N-dealkylation sites (tertiary alicyclic amines) is 1. The third-order valence-electron chi connectivity index (χ3n) is 8.72. The molecule has 6 heterocycles. The molecule has 7 rings (SSSR count). The number of piperazine rings is 1. The molecule has 0 saturated carbocycles. The summed E-state index contributed by atoms with van der Waals surface area (Å²) in [5, 5.41) is 5.31. The molecule has 12 nitrogen and oxygen atoms in total. The van der Waals surface area contributed by atoms with Gasteiger partial charge in [0.2, 0.25) is 5.91 Å². The van der Waals surface area contributed by atoms with Crippen LogP contribution in [0.2, 0.25) is 5.02 Å². The van der Waals surface area contributed by atoms with Gasteiger partial charge in [0.15, 0.2) is 5.66 Å². The van der Waals surface area contributed by atoms with Gasteiger partial charge in [-0.3, -0.25) is 9.69 Å². The zero-order valence-corrected chi connectivity index (χ0v) is 22.5. The van der Waals surface area contributed by atoms with Crippen molar-refractivity contribution in [2.24, 2.45) is 5.16 Å². The van der Waals surface area contributed by atoms with Crippen LogP contribution in [0.15, 0.2) is 34.4 Å². The molecule has 4 saturated heterocycles. The lowest BCUT2D eigenvalue weighted by Crippen LogP contribution is -2.68. The SMILES string of the molecule is CN1CC23CN(S(=O)(=O)c4cc5cc(Cl)ccc5[nH]4)CC(=O)N2CC2(CCN(C4=NOCC4)CC2)N3C1=O. The van der Waals surface area contributed by atoms with Crippen molar-refractivity contribution in [1.29, 1.82) is 0 Å². The topological polar surface area (TPSA) is 122 Å². The fourth-order valence-electron chi connectivity index (χ4n) is 6.94. The average molecular weight is 562 g/mol. The van der Waals surface area contributed by atoms with Crippen molar-refractivity contribution in [1.82, 2.24) is 28.9 Å². The number of aromatic nitrogens is 1. The third kappa shape index (κ3) is 3.24. The minimum atomic E-state index is -4.06. The Morgan fingerprint density at radius 3 is 2.63 bits per heavy atom. The number of amidine groups is 1. The van der Waals surface area contributed by atoms with Gasteiger partial charge in [0.1, 0.15) is 17.5 Å². The number of benzene rings is 1. The summed E-state index contributed by atoms with van der Waals surface area (Å²) in [5.41, 5.74) is -0.983. The number of amides is 3. The van der Waals surface area contributed by atoms with Crippen LogP contribution in [0.1, 0.15) is 19.3 Å². The van der Waals surface area contributed by atoms with Gasteiger partial charge < -0.3 is 24.5 Å². The van der Waals surface area contributed by atoms with Crippen LogP contribution >= 0.6 is 11.6 Å². The largest absolute Gasteiger partial charge is 0.394 e. The summed E-state index contributed by atoms with van der Waals surface area (Å²) in [6.07, 6.45) is 2.08. The molecule has 0 bridgehead atoms. The van der Waals surface area contributed by atoms with Gasteiger partial charge in [-0.15, -0.1) is 0 Å². The van der Waals surface area contributed by atoms with Crippen molar-refractivity contribution >= 4 is 50.3 Å². The lowest BCUT2D eigenvalue weighted by atomic mass is 9.86. The summed E-state index contributed by atoms with van der Waals surface area (Å²) in [7, 11) is -2.35. The van der Waals surface area contributed by atoms with Crippen molar-refractivity contribution in [2.45, 2.75) is 35.5 Å². The van der Waals surface area contributed by atoms with Gasteiger partial charge in [0, 0.05) is 49.0 Å². The Balaban J connectivity index is 1.23. The first-order valence-electron chi connectivity index (χ1n) is 12.7. The Bertz CT molecular complexity index is 1500. The molecule has 14 heteroatoms. The molecule has 2 spiro atoms. The maximum absolute atomic E-state index is 13.8. The first-order chi connectivity index (χ1) is 18.1. The molecule has 5 aliphatic rings. The molecular weight excluding hydrogens is 534 g/mol. The molecule has 3 amide bonds. The van der Waals surface area contributed by atoms with Crippen LogP contribution in [0.25, 0.3) is 10.9 Å². The summed E-state index contributed by atoms with van der Waals surface area (Å²) >= 11 is 6.09. The van der Waals surface area contributed by atoms with Crippen molar-refractivity contribution in [3.05, 3.63) is 29.3 Å². The van der Waals surface area contributed by atoms with E-state index in [0.717, 1.165) is 12.3 Å². The number of nitrogens with zero attached hydrogens (tertiary/aromatic N) is 6. The van der Waals surface area contributed by atoms with E-state index in [4.69, 9.17) is 16.4 Å². The second-order valence-corrected chi connectivity index (χ2v) is 13.2. The molecule has 1 unspecified atom stereocenters. The summed E-state index contributed by atoms with van der Waals surface area (Å²) in [5.74, 6) is 0.628. The predicted octanol–water partition coefficient (Wildman–Crippen LogP) is 1.30. The zero-order chi connectivity index (χ0) is 26.4. The van der Waals surface area contributed by atoms with Gasteiger partial charge in [0.05, 0.1) is 25.2 Å². The van der Waals surface area contributed by atoms with Gasteiger partial charge in [-0.1, -0.05) is 16.8 Å². The molecule has 2 aromatic rings. The second kappa shape index (κ2) is 7.99. The minimum Gasteiger partial charge on any atom is -0.394 e. The van der Waals surface area contributed by atoms with Crippen molar-refractivity contribution < 1.29 is 22.8 Å². The highest BCUT2D eigenvalue weighted by Crippen LogP contribution is 2.50. The van der Waals surface area contributed by atoms with Crippen LogP contribution in [-0.2, 0) is 19.7 Å². The molecular formula is C24H28ClN7O5S. The standard InChI is InChI=1S/C24H28ClN7O5S/c1-28-14-24-15-30(38(35,36)20-11-16-10-17(25)2-3-18(16)26-20)12-21(33)31(24)13-23(32(24)22(28)34)5-7-29(8-6-23)19-4-9-37-27-19/h2-3,10-11,26H,4-9,12-15H2,1H3. The fourth-order valence-corrected chi connectivity index (χ4v) is 8.57. The number of piperidine rings is 1. The Morgan fingerprint density at radius 1 is 1.11 bits per heavy atom. The quantitative estimate of drug-likeness (QED) is 0.590. The van der Waals surface area contributed by atoms with E-state index in [1.54, 1.807) is 35.0 Å². The number of urea groups is 1. The van der Waals surface area contributed by atoms with Gasteiger partial charge >= 0.3 is 6.03 Å². The summed E-state index contributed by atoms with van der Waals surface area (Å²) in [4.78, 5) is 42.7. The lowest BCUT2D eigenvalue weighted by Gasteiger charge is -2.48. The molecule has 202 valence electrons. The van der Waals surface area contributed by atoms with Crippen LogP contribution in [0.4, 0.5) is 4.79 Å². The molecule has 0 aliphatic carbocycles. The van der Waals surface area contributed by atoms with E-state index in [-0.39, 0.29) is 36.6 Å². The number of aromatic amines is 1. The fraction of sp³-hybridized carbons (Fsp3) is 0.542. The predicted molar refractivity (Wildman–Crippen MR) is 138 cm³/mol. The maximum atomic E-state index is 13.8. The van der Waals surface area contributed by atoms with E-state index >= 15 is 0 Å². The van der Waals surface area contributed by atoms with Gasteiger partial charge in [-0.05, 0) is 37.1 Å². The number of rotatable bonds is 2. The zero-order valence-electron chi connectivity index (χ0n) is 20.9. The number of carbonyl (C=O) groups is 2. The first kappa shape index (κ1) is 24.0. The number of carbonyl (C=O) groups excluding carboxylic acids is 2.